The summed E-state index contributed by atoms with van der Waals surface area (Å²) in [5.74, 6) is 0.880. The van der Waals surface area contributed by atoms with Crippen LogP contribution >= 0.6 is 11.9 Å². The topological polar surface area (TPSA) is 90.9 Å². The second-order valence-corrected chi connectivity index (χ2v) is 8.78. The van der Waals surface area contributed by atoms with Crippen LogP contribution in [-0.2, 0) is 10.4 Å². The summed E-state index contributed by atoms with van der Waals surface area (Å²) in [6.07, 6.45) is 8.28. The van der Waals surface area contributed by atoms with Crippen molar-refractivity contribution in [3.8, 4) is 5.75 Å². The van der Waals surface area contributed by atoms with Gasteiger partial charge in [0, 0.05) is 25.9 Å². The van der Waals surface area contributed by atoms with E-state index in [1.165, 1.54) is 36.4 Å². The molecule has 0 bridgehead atoms. The molecule has 178 valence electrons. The van der Waals surface area contributed by atoms with Crippen LogP contribution in [0.2, 0.25) is 0 Å². The van der Waals surface area contributed by atoms with Gasteiger partial charge in [-0.25, -0.2) is 9.18 Å². The lowest BCUT2D eigenvalue weighted by Gasteiger charge is -2.29. The fourth-order valence-electron chi connectivity index (χ4n) is 3.24. The number of halogens is 1. The first-order valence-electron chi connectivity index (χ1n) is 11.0. The number of rotatable bonds is 14. The number of aliphatic hydroxyl groups is 1. The Morgan fingerprint density at radius 1 is 1.38 bits per heavy atom. The van der Waals surface area contributed by atoms with Crippen molar-refractivity contribution in [2.24, 2.45) is 5.92 Å². The zero-order chi connectivity index (χ0) is 23.4. The van der Waals surface area contributed by atoms with E-state index in [9.17, 15) is 19.1 Å². The molecule has 0 saturated heterocycles. The molecular weight excluding hydrogens is 433 g/mol. The van der Waals surface area contributed by atoms with E-state index in [1.807, 2.05) is 19.1 Å². The van der Waals surface area contributed by atoms with E-state index < -0.39 is 11.4 Å². The van der Waals surface area contributed by atoms with Crippen molar-refractivity contribution >= 4 is 24.3 Å². The molecule has 1 saturated carbocycles. The molecule has 0 radical (unpaired) electrons. The lowest BCUT2D eigenvalue weighted by atomic mass is 9.86. The van der Waals surface area contributed by atoms with Crippen molar-refractivity contribution < 1.29 is 23.8 Å². The van der Waals surface area contributed by atoms with E-state index in [4.69, 9.17) is 4.74 Å². The zero-order valence-electron chi connectivity index (χ0n) is 18.8. The van der Waals surface area contributed by atoms with E-state index in [-0.39, 0.29) is 24.9 Å². The first-order chi connectivity index (χ1) is 15.4. The van der Waals surface area contributed by atoms with Gasteiger partial charge in [-0.05, 0) is 42.9 Å². The fraction of sp³-hybridized carbons (Fsp3) is 0.565. The molecular formula is C23H34FN3O4S. The van der Waals surface area contributed by atoms with E-state index in [0.717, 1.165) is 12.8 Å². The van der Waals surface area contributed by atoms with Crippen LogP contribution in [0, 0.1) is 11.7 Å². The van der Waals surface area contributed by atoms with E-state index in [0.29, 0.717) is 43.1 Å². The first-order valence-corrected chi connectivity index (χ1v) is 12.0. The van der Waals surface area contributed by atoms with Gasteiger partial charge in [0.1, 0.15) is 11.9 Å². The molecule has 32 heavy (non-hydrogen) atoms. The molecule has 0 unspecified atom stereocenters. The summed E-state index contributed by atoms with van der Waals surface area (Å²) in [7, 11) is 1.52. The van der Waals surface area contributed by atoms with E-state index in [2.05, 4.69) is 10.0 Å². The average Bonchev–Trinajstić information content (AvgIpc) is 2.77. The number of carbonyl (C=O) groups is 2. The second kappa shape index (κ2) is 13.4. The number of carbonyl (C=O) groups excluding carboxylic acids is 2. The maximum atomic E-state index is 14.2. The summed E-state index contributed by atoms with van der Waals surface area (Å²) in [6.45, 7) is 3.03. The van der Waals surface area contributed by atoms with Gasteiger partial charge in [-0.2, -0.15) is 0 Å². The minimum atomic E-state index is -1.15. The van der Waals surface area contributed by atoms with Gasteiger partial charge < -0.3 is 24.9 Å². The highest BCUT2D eigenvalue weighted by atomic mass is 32.2. The first kappa shape index (κ1) is 26.2. The number of nitrogens with one attached hydrogen (secondary N) is 2. The third-order valence-corrected chi connectivity index (χ3v) is 6.40. The van der Waals surface area contributed by atoms with Crippen molar-refractivity contribution in [1.82, 2.24) is 14.9 Å². The van der Waals surface area contributed by atoms with Gasteiger partial charge in [-0.15, -0.1) is 0 Å². The Hall–Kier alpha value is -2.10. The maximum Gasteiger partial charge on any atom is 0.317 e. The Labute approximate surface area is 193 Å². The molecule has 1 aliphatic carbocycles. The molecule has 7 nitrogen and oxygen atoms in total. The molecule has 3 N–H and O–H groups in total. The summed E-state index contributed by atoms with van der Waals surface area (Å²) < 4.78 is 23.0. The van der Waals surface area contributed by atoms with Gasteiger partial charge in [0.25, 0.3) is 0 Å². The quantitative estimate of drug-likeness (QED) is 0.168. The Bertz CT molecular complexity index is 776. The lowest BCUT2D eigenvalue weighted by molar-refractivity contribution is -0.108. The molecule has 9 heteroatoms. The minimum Gasteiger partial charge on any atom is -0.490 e. The van der Waals surface area contributed by atoms with E-state index in [1.54, 1.807) is 12.1 Å². The normalized spacial score (nSPS) is 15.8. The number of aldehydes is 1. The number of hydrogen-bond acceptors (Lipinski definition) is 6. The maximum absolute atomic E-state index is 14.2. The SMILES string of the molecule is CC[C@@](O)(CNSC/C=C/CN(CC=O)C(=O)NC)c1ccc(F)c(OCC2CCC2)c1. The highest BCUT2D eigenvalue weighted by Gasteiger charge is 2.28. The summed E-state index contributed by atoms with van der Waals surface area (Å²) in [5, 5.41) is 13.6. The average molecular weight is 468 g/mol. The number of nitrogens with zero attached hydrogens (tertiary/aromatic N) is 1. The molecule has 0 aliphatic heterocycles. The zero-order valence-corrected chi connectivity index (χ0v) is 19.6. The van der Waals surface area contributed by atoms with Crippen LogP contribution in [-0.4, -0.2) is 61.4 Å². The summed E-state index contributed by atoms with van der Waals surface area (Å²) in [4.78, 5) is 23.7. The third kappa shape index (κ3) is 7.79. The minimum absolute atomic E-state index is 0.0307. The molecule has 1 aromatic carbocycles. The standard InChI is InChI=1S/C23H34FN3O4S/c1-3-23(30,17-26-32-14-5-4-11-27(12-13-28)22(29)25-2)19-9-10-20(24)21(15-19)31-16-18-7-6-8-18/h4-5,9-10,13,15,18,26,30H,3,6-8,11-12,14,16-17H2,1-2H3,(H,25,29)/b5-4+/t23-/m1/s1. The smallest absolute Gasteiger partial charge is 0.317 e. The highest BCUT2D eigenvalue weighted by molar-refractivity contribution is 7.97. The molecule has 0 aromatic heterocycles. The predicted octanol–water partition coefficient (Wildman–Crippen LogP) is 3.24. The Kier molecular flexibility index (Phi) is 11.0. The van der Waals surface area contributed by atoms with Crippen molar-refractivity contribution in [3.63, 3.8) is 0 Å². The molecule has 1 fully saturated rings. The Morgan fingerprint density at radius 2 is 2.16 bits per heavy atom. The van der Waals surface area contributed by atoms with Gasteiger partial charge in [0.05, 0.1) is 13.2 Å². The molecule has 0 spiro atoms. The van der Waals surface area contributed by atoms with Crippen LogP contribution in [0.15, 0.2) is 30.4 Å². The summed E-state index contributed by atoms with van der Waals surface area (Å²) >= 11 is 1.41. The molecule has 0 heterocycles. The summed E-state index contributed by atoms with van der Waals surface area (Å²) in [6, 6.07) is 4.24. The summed E-state index contributed by atoms with van der Waals surface area (Å²) in [5.41, 5.74) is -0.539. The van der Waals surface area contributed by atoms with Gasteiger partial charge in [0.15, 0.2) is 11.6 Å². The number of amides is 2. The molecule has 2 rings (SSSR count). The number of benzene rings is 1. The lowest BCUT2D eigenvalue weighted by Crippen LogP contribution is -2.39. The van der Waals surface area contributed by atoms with Crippen molar-refractivity contribution in [1.29, 1.82) is 0 Å². The van der Waals surface area contributed by atoms with Crippen molar-refractivity contribution in [2.75, 3.05) is 39.0 Å². The molecule has 2 amide bonds. The number of ether oxygens (including phenoxy) is 1. The highest BCUT2D eigenvalue weighted by Crippen LogP contribution is 2.31. The van der Waals surface area contributed by atoms with Crippen LogP contribution < -0.4 is 14.8 Å². The second-order valence-electron chi connectivity index (χ2n) is 7.87. The molecule has 1 aliphatic rings. The van der Waals surface area contributed by atoms with Crippen LogP contribution in [0.5, 0.6) is 5.75 Å². The third-order valence-electron chi connectivity index (χ3n) is 5.69. The van der Waals surface area contributed by atoms with Gasteiger partial charge in [0.2, 0.25) is 0 Å². The largest absolute Gasteiger partial charge is 0.490 e. The van der Waals surface area contributed by atoms with Gasteiger partial charge >= 0.3 is 6.03 Å². The van der Waals surface area contributed by atoms with Gasteiger partial charge in [-0.1, -0.05) is 43.5 Å². The molecule has 1 atom stereocenters. The van der Waals surface area contributed by atoms with Crippen LogP contribution in [0.3, 0.4) is 0 Å². The van der Waals surface area contributed by atoms with E-state index >= 15 is 0 Å². The monoisotopic (exact) mass is 467 g/mol. The predicted molar refractivity (Wildman–Crippen MR) is 125 cm³/mol. The van der Waals surface area contributed by atoms with Crippen molar-refractivity contribution in [3.05, 3.63) is 41.7 Å². The van der Waals surface area contributed by atoms with Crippen LogP contribution in [0.25, 0.3) is 0 Å². The number of urea groups is 1. The van der Waals surface area contributed by atoms with Crippen LogP contribution in [0.4, 0.5) is 9.18 Å². The van der Waals surface area contributed by atoms with Crippen molar-refractivity contribution in [2.45, 2.75) is 38.2 Å². The molecule has 1 aromatic rings. The fourth-order valence-corrected chi connectivity index (χ4v) is 3.93. The van der Waals surface area contributed by atoms with Crippen LogP contribution in [0.1, 0.15) is 38.2 Å². The Balaban J connectivity index is 1.82. The number of hydrogen-bond donors (Lipinski definition) is 3. The Morgan fingerprint density at radius 3 is 2.78 bits per heavy atom. The van der Waals surface area contributed by atoms with Gasteiger partial charge in [-0.3, -0.25) is 4.72 Å².